The molecule has 0 amide bonds. The maximum absolute atomic E-state index is 11.8. The first kappa shape index (κ1) is 24.6. The van der Waals surface area contributed by atoms with Crippen LogP contribution in [-0.2, 0) is 42.9 Å². The average molecular weight is 462 g/mol. The third-order valence-electron chi connectivity index (χ3n) is 4.64. The van der Waals surface area contributed by atoms with Crippen molar-refractivity contribution in [3.05, 3.63) is 11.1 Å². The highest BCUT2D eigenvalue weighted by Gasteiger charge is 2.52. The number of hydrogen-bond acceptors (Lipinski definition) is 11. The summed E-state index contributed by atoms with van der Waals surface area (Å²) in [6.45, 7) is 4.15. The van der Waals surface area contributed by atoms with E-state index in [0.29, 0.717) is 0 Å². The molecule has 2 bridgehead atoms. The minimum atomic E-state index is -1.32. The second kappa shape index (κ2) is 10.6. The number of esters is 4. The summed E-state index contributed by atoms with van der Waals surface area (Å²) in [6.07, 6.45) is -3.66. The van der Waals surface area contributed by atoms with E-state index in [0.717, 1.165) is 20.8 Å². The lowest BCUT2D eigenvalue weighted by Crippen LogP contribution is -2.60. The molecule has 0 saturated carbocycles. The molecule has 6 atom stereocenters. The molecule has 31 heavy (non-hydrogen) atoms. The molecule has 2 unspecified atom stereocenters. The van der Waals surface area contributed by atoms with Crippen molar-refractivity contribution in [3.8, 4) is 0 Å². The number of fused-ring (bicyclic) bond motifs is 2. The Labute approximate surface area is 183 Å². The molecule has 0 aromatic carbocycles. The Morgan fingerprint density at radius 2 is 1.77 bits per heavy atom. The van der Waals surface area contributed by atoms with Gasteiger partial charge >= 0.3 is 23.9 Å². The molecule has 11 nitrogen and oxygen atoms in total. The minimum absolute atomic E-state index is 0.0723. The summed E-state index contributed by atoms with van der Waals surface area (Å²) in [5, 5.41) is 12.8. The predicted octanol–water partition coefficient (Wildman–Crippen LogP) is 1.08. The number of hydrogen-bond donors (Lipinski definition) is 1. The molecule has 0 aromatic rings. The Bertz CT molecular complexity index is 795. The van der Waals surface area contributed by atoms with Crippen molar-refractivity contribution in [2.75, 3.05) is 6.61 Å². The largest absolute Gasteiger partial charge is 0.462 e. The topological polar surface area (TPSA) is 147 Å². The van der Waals surface area contributed by atoms with Crippen molar-refractivity contribution in [1.29, 1.82) is 0 Å². The fourth-order valence-electron chi connectivity index (χ4n) is 3.63. The van der Waals surface area contributed by atoms with E-state index in [-0.39, 0.29) is 17.2 Å². The average Bonchev–Trinajstić information content (AvgIpc) is 2.64. The molecule has 1 heterocycles. The summed E-state index contributed by atoms with van der Waals surface area (Å²) in [4.78, 5) is 46.6. The maximum Gasteiger partial charge on any atom is 0.303 e. The third kappa shape index (κ3) is 6.41. The Balaban J connectivity index is 2.50. The summed E-state index contributed by atoms with van der Waals surface area (Å²) in [6, 6.07) is 0. The Morgan fingerprint density at radius 3 is 2.29 bits per heavy atom. The Morgan fingerprint density at radius 1 is 1.13 bits per heavy atom. The summed E-state index contributed by atoms with van der Waals surface area (Å²) >= 11 is 6.15. The van der Waals surface area contributed by atoms with Gasteiger partial charge < -0.3 is 28.9 Å². The highest BCUT2D eigenvalue weighted by Crippen LogP contribution is 2.39. The third-order valence-corrected chi connectivity index (χ3v) is 4.96. The zero-order chi connectivity index (χ0) is 23.3. The standard InChI is InChI=1S/C19H24ClNO10/c1-8(22)27-7-15(28-9(2)23)18(30-11(4)25)19-17(29-10(3)24)13-5-12(31-19)6-14(20)16(13)21-26/h6,12-13,15,17-19,26H,5,7H2,1-4H3/b21-16+/t12?,13?,15-,17+,18+,19-/m1/s1. The molecule has 0 spiro atoms. The highest BCUT2D eigenvalue weighted by atomic mass is 35.5. The number of halogens is 1. The second-order valence-electron chi connectivity index (χ2n) is 7.08. The van der Waals surface area contributed by atoms with Crippen molar-refractivity contribution >= 4 is 41.2 Å². The molecule has 1 fully saturated rings. The first-order valence-electron chi connectivity index (χ1n) is 9.43. The molecule has 2 aliphatic rings. The number of carbonyl (C=O) groups excluding carboxylic acids is 4. The minimum Gasteiger partial charge on any atom is -0.462 e. The normalized spacial score (nSPS) is 28.0. The van der Waals surface area contributed by atoms with E-state index in [4.69, 9.17) is 35.3 Å². The highest BCUT2D eigenvalue weighted by molar-refractivity contribution is 6.44. The van der Waals surface area contributed by atoms with Crippen LogP contribution < -0.4 is 0 Å². The van der Waals surface area contributed by atoms with Crippen LogP contribution in [0.5, 0.6) is 0 Å². The zero-order valence-corrected chi connectivity index (χ0v) is 18.2. The quantitative estimate of drug-likeness (QED) is 0.253. The van der Waals surface area contributed by atoms with Crippen molar-refractivity contribution in [2.24, 2.45) is 11.1 Å². The summed E-state index contributed by atoms with van der Waals surface area (Å²) in [7, 11) is 0. The van der Waals surface area contributed by atoms with Crippen LogP contribution in [0.2, 0.25) is 0 Å². The van der Waals surface area contributed by atoms with Crippen molar-refractivity contribution in [1.82, 2.24) is 0 Å². The molecule has 1 aliphatic heterocycles. The van der Waals surface area contributed by atoms with Gasteiger partial charge in [0.15, 0.2) is 12.2 Å². The van der Waals surface area contributed by atoms with Gasteiger partial charge in [-0.2, -0.15) is 0 Å². The van der Waals surface area contributed by atoms with Gasteiger partial charge in [-0.1, -0.05) is 16.8 Å². The van der Waals surface area contributed by atoms with Gasteiger partial charge in [-0.05, 0) is 12.5 Å². The summed E-state index contributed by atoms with van der Waals surface area (Å²) in [5.74, 6) is -3.49. The van der Waals surface area contributed by atoms with Gasteiger partial charge in [0.05, 0.1) is 11.1 Å². The van der Waals surface area contributed by atoms with Crippen LogP contribution in [-0.4, -0.2) is 71.9 Å². The van der Waals surface area contributed by atoms with Crippen LogP contribution in [0, 0.1) is 5.92 Å². The van der Waals surface area contributed by atoms with Crippen molar-refractivity contribution in [2.45, 2.75) is 64.6 Å². The van der Waals surface area contributed by atoms with Crippen LogP contribution in [0.1, 0.15) is 34.1 Å². The van der Waals surface area contributed by atoms with E-state index in [1.807, 2.05) is 0 Å². The second-order valence-corrected chi connectivity index (χ2v) is 7.49. The van der Waals surface area contributed by atoms with Gasteiger partial charge in [0.1, 0.15) is 24.5 Å². The van der Waals surface area contributed by atoms with Crippen LogP contribution >= 0.6 is 11.6 Å². The zero-order valence-electron chi connectivity index (χ0n) is 17.4. The van der Waals surface area contributed by atoms with Crippen LogP contribution in [0.25, 0.3) is 0 Å². The summed E-state index contributed by atoms with van der Waals surface area (Å²) in [5.41, 5.74) is 0.0723. The fourth-order valence-corrected chi connectivity index (χ4v) is 3.95. The van der Waals surface area contributed by atoms with Gasteiger partial charge in [0, 0.05) is 33.6 Å². The molecular formula is C19H24ClNO10. The molecule has 1 saturated heterocycles. The van der Waals surface area contributed by atoms with E-state index in [1.165, 1.54) is 13.0 Å². The molecular weight excluding hydrogens is 438 g/mol. The summed E-state index contributed by atoms with van der Waals surface area (Å²) < 4.78 is 27.0. The maximum atomic E-state index is 11.8. The van der Waals surface area contributed by atoms with E-state index in [9.17, 15) is 24.4 Å². The first-order valence-corrected chi connectivity index (χ1v) is 9.81. The van der Waals surface area contributed by atoms with Crippen LogP contribution in [0.15, 0.2) is 16.3 Å². The number of nitrogens with zero attached hydrogens (tertiary/aromatic N) is 1. The molecule has 0 radical (unpaired) electrons. The molecule has 1 N–H and O–H groups in total. The Hall–Kier alpha value is -2.66. The first-order chi connectivity index (χ1) is 14.5. The Kier molecular flexibility index (Phi) is 8.40. The van der Waals surface area contributed by atoms with E-state index in [2.05, 4.69) is 5.16 Å². The smallest absolute Gasteiger partial charge is 0.303 e. The van der Waals surface area contributed by atoms with Gasteiger partial charge in [-0.25, -0.2) is 0 Å². The number of allylic oxidation sites excluding steroid dienone is 1. The molecule has 0 aromatic heterocycles. The molecule has 2 rings (SSSR count). The van der Waals surface area contributed by atoms with Crippen LogP contribution in [0.4, 0.5) is 0 Å². The van der Waals surface area contributed by atoms with E-state index >= 15 is 0 Å². The lowest BCUT2D eigenvalue weighted by Gasteiger charge is -2.46. The van der Waals surface area contributed by atoms with Gasteiger partial charge in [0.25, 0.3) is 0 Å². The number of carbonyl (C=O) groups is 4. The van der Waals surface area contributed by atoms with Gasteiger partial charge in [0.2, 0.25) is 0 Å². The predicted molar refractivity (Wildman–Crippen MR) is 103 cm³/mol. The number of oxime groups is 1. The number of ether oxygens (including phenoxy) is 5. The fraction of sp³-hybridized carbons (Fsp3) is 0.632. The van der Waals surface area contributed by atoms with Crippen molar-refractivity contribution in [3.63, 3.8) is 0 Å². The van der Waals surface area contributed by atoms with Gasteiger partial charge in [-0.15, -0.1) is 0 Å². The van der Waals surface area contributed by atoms with Crippen LogP contribution in [0.3, 0.4) is 0 Å². The number of rotatable bonds is 7. The van der Waals surface area contributed by atoms with Gasteiger partial charge in [-0.3, -0.25) is 19.2 Å². The molecule has 172 valence electrons. The van der Waals surface area contributed by atoms with E-state index < -0.39 is 66.9 Å². The SMILES string of the molecule is CC(=O)OC[C@@H](OC(C)=O)[C@H](OC(C)=O)[C@@H]1OC2C=C(Cl)/C(=N/O)C(C2)[C@@H]1OC(C)=O. The lowest BCUT2D eigenvalue weighted by atomic mass is 9.79. The lowest BCUT2D eigenvalue weighted by molar-refractivity contribution is -0.219. The molecule has 1 aliphatic carbocycles. The monoisotopic (exact) mass is 461 g/mol. The molecule has 12 heteroatoms. The van der Waals surface area contributed by atoms with Crippen molar-refractivity contribution < 1.29 is 48.1 Å². The van der Waals surface area contributed by atoms with E-state index in [1.54, 1.807) is 0 Å².